The van der Waals surface area contributed by atoms with Crippen molar-refractivity contribution < 1.29 is 19.4 Å². The molecule has 1 aromatic carbocycles. The molecule has 1 fully saturated rings. The first-order valence-corrected chi connectivity index (χ1v) is 9.10. The summed E-state index contributed by atoms with van der Waals surface area (Å²) in [6.07, 6.45) is 2.16. The SMILES string of the molecule is Cc1nc(COc2cccc(C(=O)N3CCCC[C@H]3C(=O)O)c2)cs1. The Morgan fingerprint density at radius 1 is 1.40 bits per heavy atom. The van der Waals surface area contributed by atoms with Crippen molar-refractivity contribution in [3.05, 3.63) is 45.9 Å². The van der Waals surface area contributed by atoms with Gasteiger partial charge in [-0.3, -0.25) is 4.79 Å². The highest BCUT2D eigenvalue weighted by Gasteiger charge is 2.32. The molecule has 1 amide bonds. The molecular formula is C18H20N2O4S. The van der Waals surface area contributed by atoms with Crippen LogP contribution < -0.4 is 4.74 Å². The van der Waals surface area contributed by atoms with Crippen LogP contribution in [0.3, 0.4) is 0 Å². The van der Waals surface area contributed by atoms with Crippen LogP contribution in [0.15, 0.2) is 29.6 Å². The molecule has 0 aliphatic carbocycles. The summed E-state index contributed by atoms with van der Waals surface area (Å²) in [5, 5.41) is 12.3. The molecular weight excluding hydrogens is 340 g/mol. The zero-order chi connectivity index (χ0) is 17.8. The van der Waals surface area contributed by atoms with Crippen molar-refractivity contribution in [1.29, 1.82) is 0 Å². The Bertz CT molecular complexity index is 774. The molecule has 1 N–H and O–H groups in total. The third kappa shape index (κ3) is 4.17. The molecule has 3 rings (SSSR count). The molecule has 1 atom stereocenters. The minimum atomic E-state index is -0.945. The van der Waals surface area contributed by atoms with E-state index in [1.807, 2.05) is 12.3 Å². The van der Waals surface area contributed by atoms with Gasteiger partial charge in [0.25, 0.3) is 5.91 Å². The predicted octanol–water partition coefficient (Wildman–Crippen LogP) is 3.11. The number of likely N-dealkylation sites (tertiary alicyclic amines) is 1. The lowest BCUT2D eigenvalue weighted by Gasteiger charge is -2.33. The normalized spacial score (nSPS) is 17.3. The Kier molecular flexibility index (Phi) is 5.33. The maximum absolute atomic E-state index is 12.7. The van der Waals surface area contributed by atoms with E-state index in [9.17, 15) is 14.7 Å². The fourth-order valence-corrected chi connectivity index (χ4v) is 3.55. The quantitative estimate of drug-likeness (QED) is 0.886. The standard InChI is InChI=1S/C18H20N2O4S/c1-12-19-14(11-25-12)10-24-15-6-4-5-13(9-15)17(21)20-8-3-2-7-16(20)18(22)23/h4-6,9,11,16H,2-3,7-8,10H2,1H3,(H,22,23)/t16-/m0/s1. The van der Waals surface area contributed by atoms with Crippen LogP contribution >= 0.6 is 11.3 Å². The molecule has 1 aliphatic rings. The van der Waals surface area contributed by atoms with Crippen molar-refractivity contribution in [1.82, 2.24) is 9.88 Å². The molecule has 7 heteroatoms. The number of piperidine rings is 1. The van der Waals surface area contributed by atoms with E-state index in [-0.39, 0.29) is 5.91 Å². The van der Waals surface area contributed by atoms with Crippen LogP contribution in [-0.4, -0.2) is 39.5 Å². The zero-order valence-electron chi connectivity index (χ0n) is 14.0. The van der Waals surface area contributed by atoms with Gasteiger partial charge in [0.2, 0.25) is 0 Å². The highest BCUT2D eigenvalue weighted by atomic mass is 32.1. The second-order valence-electron chi connectivity index (χ2n) is 6.02. The monoisotopic (exact) mass is 360 g/mol. The third-order valence-electron chi connectivity index (χ3n) is 4.18. The number of hydrogen-bond acceptors (Lipinski definition) is 5. The van der Waals surface area contributed by atoms with Crippen LogP contribution in [0.2, 0.25) is 0 Å². The van der Waals surface area contributed by atoms with Crippen molar-refractivity contribution >= 4 is 23.2 Å². The molecule has 0 radical (unpaired) electrons. The van der Waals surface area contributed by atoms with Gasteiger partial charge in [0.15, 0.2) is 0 Å². The number of aliphatic carboxylic acids is 1. The Hall–Kier alpha value is -2.41. The summed E-state index contributed by atoms with van der Waals surface area (Å²) in [4.78, 5) is 29.9. The van der Waals surface area contributed by atoms with E-state index in [0.29, 0.717) is 30.9 Å². The zero-order valence-corrected chi connectivity index (χ0v) is 14.8. The van der Waals surface area contributed by atoms with E-state index in [2.05, 4.69) is 4.98 Å². The first kappa shape index (κ1) is 17.4. The van der Waals surface area contributed by atoms with E-state index in [1.165, 1.54) is 4.90 Å². The summed E-state index contributed by atoms with van der Waals surface area (Å²) < 4.78 is 5.71. The number of benzene rings is 1. The number of amides is 1. The van der Waals surface area contributed by atoms with Crippen LogP contribution in [-0.2, 0) is 11.4 Å². The first-order chi connectivity index (χ1) is 12.0. The van der Waals surface area contributed by atoms with Gasteiger partial charge in [-0.15, -0.1) is 11.3 Å². The average Bonchev–Trinajstić information content (AvgIpc) is 3.05. The smallest absolute Gasteiger partial charge is 0.326 e. The van der Waals surface area contributed by atoms with Gasteiger partial charge in [0.1, 0.15) is 18.4 Å². The lowest BCUT2D eigenvalue weighted by molar-refractivity contribution is -0.143. The summed E-state index contributed by atoms with van der Waals surface area (Å²) >= 11 is 1.56. The average molecular weight is 360 g/mol. The van der Waals surface area contributed by atoms with Crippen molar-refractivity contribution in [3.63, 3.8) is 0 Å². The molecule has 1 aromatic heterocycles. The van der Waals surface area contributed by atoms with E-state index >= 15 is 0 Å². The van der Waals surface area contributed by atoms with Gasteiger partial charge < -0.3 is 14.7 Å². The first-order valence-electron chi connectivity index (χ1n) is 8.22. The van der Waals surface area contributed by atoms with E-state index in [1.54, 1.807) is 35.6 Å². The van der Waals surface area contributed by atoms with Crippen LogP contribution in [0.1, 0.15) is 40.3 Å². The number of rotatable bonds is 5. The molecule has 132 valence electrons. The Morgan fingerprint density at radius 2 is 2.24 bits per heavy atom. The molecule has 1 aliphatic heterocycles. The van der Waals surface area contributed by atoms with Gasteiger partial charge >= 0.3 is 5.97 Å². The van der Waals surface area contributed by atoms with Crippen LogP contribution in [0.25, 0.3) is 0 Å². The molecule has 2 aromatic rings. The van der Waals surface area contributed by atoms with Gasteiger partial charge in [-0.1, -0.05) is 6.07 Å². The van der Waals surface area contributed by atoms with Gasteiger partial charge in [0, 0.05) is 17.5 Å². The number of carboxylic acids is 1. The largest absolute Gasteiger partial charge is 0.487 e. The van der Waals surface area contributed by atoms with E-state index in [0.717, 1.165) is 23.5 Å². The highest BCUT2D eigenvalue weighted by Crippen LogP contribution is 2.22. The Morgan fingerprint density at radius 3 is 2.96 bits per heavy atom. The summed E-state index contributed by atoms with van der Waals surface area (Å²) in [5.41, 5.74) is 1.29. The molecule has 0 bridgehead atoms. The molecule has 0 unspecified atom stereocenters. The van der Waals surface area contributed by atoms with Crippen LogP contribution in [0, 0.1) is 6.92 Å². The fourth-order valence-electron chi connectivity index (χ4n) is 2.95. The third-order valence-corrected chi connectivity index (χ3v) is 5.01. The van der Waals surface area contributed by atoms with Gasteiger partial charge in [0.05, 0.1) is 10.7 Å². The Labute approximate surface area is 150 Å². The minimum absolute atomic E-state index is 0.262. The summed E-state index contributed by atoms with van der Waals surface area (Å²) in [5.74, 6) is -0.637. The highest BCUT2D eigenvalue weighted by molar-refractivity contribution is 7.09. The second kappa shape index (κ2) is 7.65. The fraction of sp³-hybridized carbons (Fsp3) is 0.389. The number of aromatic nitrogens is 1. The van der Waals surface area contributed by atoms with Crippen molar-refractivity contribution in [2.45, 2.75) is 38.8 Å². The summed E-state index contributed by atoms with van der Waals surface area (Å²) in [6.45, 7) is 2.74. The van der Waals surface area contributed by atoms with Gasteiger partial charge in [-0.25, -0.2) is 9.78 Å². The number of carbonyl (C=O) groups excluding carboxylic acids is 1. The van der Waals surface area contributed by atoms with Crippen LogP contribution in [0.5, 0.6) is 5.75 Å². The molecule has 1 saturated heterocycles. The predicted molar refractivity (Wildman–Crippen MR) is 93.9 cm³/mol. The van der Waals surface area contributed by atoms with E-state index in [4.69, 9.17) is 4.74 Å². The van der Waals surface area contributed by atoms with Crippen LogP contribution in [0.4, 0.5) is 0 Å². The number of carbonyl (C=O) groups is 2. The summed E-state index contributed by atoms with van der Waals surface area (Å²) in [7, 11) is 0. The second-order valence-corrected chi connectivity index (χ2v) is 7.08. The number of carboxylic acid groups (broad SMARTS) is 1. The van der Waals surface area contributed by atoms with Gasteiger partial charge in [-0.2, -0.15) is 0 Å². The van der Waals surface area contributed by atoms with E-state index < -0.39 is 12.0 Å². The topological polar surface area (TPSA) is 79.7 Å². The number of thiazole rings is 1. The molecule has 2 heterocycles. The number of hydrogen-bond donors (Lipinski definition) is 1. The number of ether oxygens (including phenoxy) is 1. The maximum atomic E-state index is 12.7. The lowest BCUT2D eigenvalue weighted by Crippen LogP contribution is -2.47. The van der Waals surface area contributed by atoms with Crippen molar-refractivity contribution in [3.8, 4) is 5.75 Å². The van der Waals surface area contributed by atoms with Gasteiger partial charge in [-0.05, 0) is 44.4 Å². The lowest BCUT2D eigenvalue weighted by atomic mass is 10.0. The number of aryl methyl sites for hydroxylation is 1. The Balaban J connectivity index is 1.71. The van der Waals surface area contributed by atoms with Crippen molar-refractivity contribution in [2.24, 2.45) is 0 Å². The van der Waals surface area contributed by atoms with Crippen molar-refractivity contribution in [2.75, 3.05) is 6.54 Å². The minimum Gasteiger partial charge on any atom is -0.487 e. The number of nitrogens with zero attached hydrogens (tertiary/aromatic N) is 2. The summed E-state index contributed by atoms with van der Waals surface area (Å²) in [6, 6.07) is 6.13. The molecule has 25 heavy (non-hydrogen) atoms. The molecule has 6 nitrogen and oxygen atoms in total. The molecule has 0 saturated carbocycles. The molecule has 0 spiro atoms. The maximum Gasteiger partial charge on any atom is 0.326 e.